The minimum absolute atomic E-state index is 0.132. The molecule has 1 aliphatic heterocycles. The third-order valence-corrected chi connectivity index (χ3v) is 2.99. The number of piperidine rings is 1. The highest BCUT2D eigenvalue weighted by atomic mass is 16.6. The first-order valence-electron chi connectivity index (χ1n) is 6.79. The summed E-state index contributed by atoms with van der Waals surface area (Å²) in [5.74, 6) is 0.399. The molecule has 17 heavy (non-hydrogen) atoms. The van der Waals surface area contributed by atoms with Crippen LogP contribution in [0, 0.1) is 5.92 Å². The molecule has 1 amide bonds. The Balaban J connectivity index is 2.47. The molecule has 1 heterocycles. The molecule has 0 radical (unpaired) electrons. The molecule has 1 aliphatic rings. The van der Waals surface area contributed by atoms with Crippen LogP contribution >= 0.6 is 0 Å². The summed E-state index contributed by atoms with van der Waals surface area (Å²) in [6, 6.07) is 0.357. The summed E-state index contributed by atoms with van der Waals surface area (Å²) in [7, 11) is 0. The Morgan fingerprint density at radius 3 is 2.59 bits per heavy atom. The van der Waals surface area contributed by atoms with Crippen molar-refractivity contribution in [2.75, 3.05) is 26.2 Å². The van der Waals surface area contributed by atoms with Gasteiger partial charge in [0.25, 0.3) is 0 Å². The average Bonchev–Trinajstić information content (AvgIpc) is 2.34. The summed E-state index contributed by atoms with van der Waals surface area (Å²) in [5.41, 5.74) is 0. The van der Waals surface area contributed by atoms with Crippen molar-refractivity contribution >= 4 is 6.09 Å². The van der Waals surface area contributed by atoms with Gasteiger partial charge < -0.3 is 15.0 Å². The number of carbonyl (C=O) groups is 1. The van der Waals surface area contributed by atoms with Crippen molar-refractivity contribution in [3.05, 3.63) is 0 Å². The molecule has 4 nitrogen and oxygen atoms in total. The van der Waals surface area contributed by atoms with Crippen LogP contribution in [0.1, 0.15) is 40.0 Å². The maximum Gasteiger partial charge on any atom is 0.410 e. The van der Waals surface area contributed by atoms with E-state index in [4.69, 9.17) is 4.74 Å². The van der Waals surface area contributed by atoms with Crippen LogP contribution < -0.4 is 5.32 Å². The fraction of sp³-hybridized carbons (Fsp3) is 0.923. The van der Waals surface area contributed by atoms with E-state index in [1.807, 2.05) is 4.90 Å². The van der Waals surface area contributed by atoms with Crippen molar-refractivity contribution in [3.63, 3.8) is 0 Å². The minimum atomic E-state index is -0.132. The molecule has 100 valence electrons. The van der Waals surface area contributed by atoms with Crippen LogP contribution in [-0.2, 0) is 4.74 Å². The lowest BCUT2D eigenvalue weighted by Gasteiger charge is -2.33. The lowest BCUT2D eigenvalue weighted by Crippen LogP contribution is -2.46. The van der Waals surface area contributed by atoms with Gasteiger partial charge in [0.05, 0.1) is 6.61 Å². The lowest BCUT2D eigenvalue weighted by atomic mass is 10.1. The number of carbonyl (C=O) groups excluding carboxylic acids is 1. The molecule has 0 spiro atoms. The van der Waals surface area contributed by atoms with Gasteiger partial charge in [0.1, 0.15) is 0 Å². The number of hydrogen-bond donors (Lipinski definition) is 1. The van der Waals surface area contributed by atoms with Crippen molar-refractivity contribution in [3.8, 4) is 0 Å². The first-order chi connectivity index (χ1) is 8.15. The third kappa shape index (κ3) is 4.94. The van der Waals surface area contributed by atoms with Gasteiger partial charge in [0, 0.05) is 12.6 Å². The maximum absolute atomic E-state index is 12.0. The van der Waals surface area contributed by atoms with Gasteiger partial charge in [0.2, 0.25) is 0 Å². The van der Waals surface area contributed by atoms with E-state index in [1.54, 1.807) is 0 Å². The highest BCUT2D eigenvalue weighted by Crippen LogP contribution is 2.14. The van der Waals surface area contributed by atoms with Gasteiger partial charge in [-0.05, 0) is 38.3 Å². The molecular weight excluding hydrogens is 216 g/mol. The van der Waals surface area contributed by atoms with Crippen LogP contribution in [0.3, 0.4) is 0 Å². The van der Waals surface area contributed by atoms with E-state index < -0.39 is 0 Å². The fourth-order valence-corrected chi connectivity index (χ4v) is 2.10. The average molecular weight is 242 g/mol. The molecule has 0 bridgehead atoms. The van der Waals surface area contributed by atoms with Crippen LogP contribution in [-0.4, -0.2) is 43.3 Å². The largest absolute Gasteiger partial charge is 0.449 e. The number of amides is 1. The maximum atomic E-state index is 12.0. The molecule has 0 unspecified atom stereocenters. The summed E-state index contributed by atoms with van der Waals surface area (Å²) < 4.78 is 5.34. The predicted molar refractivity (Wildman–Crippen MR) is 69.1 cm³/mol. The van der Waals surface area contributed by atoms with Crippen LogP contribution in [0.15, 0.2) is 0 Å². The van der Waals surface area contributed by atoms with E-state index in [1.165, 1.54) is 0 Å². The summed E-state index contributed by atoms with van der Waals surface area (Å²) in [4.78, 5) is 13.9. The second kappa shape index (κ2) is 7.54. The van der Waals surface area contributed by atoms with Gasteiger partial charge in [-0.15, -0.1) is 0 Å². The Labute approximate surface area is 105 Å². The van der Waals surface area contributed by atoms with Crippen LogP contribution in [0.4, 0.5) is 4.79 Å². The van der Waals surface area contributed by atoms with Crippen molar-refractivity contribution in [1.29, 1.82) is 0 Å². The zero-order valence-electron chi connectivity index (χ0n) is 11.4. The van der Waals surface area contributed by atoms with Crippen molar-refractivity contribution in [2.45, 2.75) is 46.1 Å². The number of rotatable bonds is 5. The van der Waals surface area contributed by atoms with Gasteiger partial charge in [-0.1, -0.05) is 20.8 Å². The lowest BCUT2D eigenvalue weighted by molar-refractivity contribution is 0.0705. The van der Waals surface area contributed by atoms with Crippen molar-refractivity contribution in [2.24, 2.45) is 5.92 Å². The molecule has 1 fully saturated rings. The topological polar surface area (TPSA) is 41.6 Å². The second-order valence-corrected chi connectivity index (χ2v) is 5.15. The summed E-state index contributed by atoms with van der Waals surface area (Å²) in [6.45, 7) is 9.55. The van der Waals surface area contributed by atoms with Crippen molar-refractivity contribution < 1.29 is 9.53 Å². The Bertz CT molecular complexity index is 225. The molecule has 4 heteroatoms. The zero-order chi connectivity index (χ0) is 12.7. The number of hydrogen-bond acceptors (Lipinski definition) is 3. The normalized spacial score (nSPS) is 17.2. The van der Waals surface area contributed by atoms with Crippen LogP contribution in [0.5, 0.6) is 0 Å². The van der Waals surface area contributed by atoms with Crippen LogP contribution in [0.25, 0.3) is 0 Å². The van der Waals surface area contributed by atoms with E-state index in [9.17, 15) is 4.79 Å². The fourth-order valence-electron chi connectivity index (χ4n) is 2.10. The third-order valence-electron chi connectivity index (χ3n) is 2.99. The molecule has 0 aromatic carbocycles. The minimum Gasteiger partial charge on any atom is -0.449 e. The van der Waals surface area contributed by atoms with Gasteiger partial charge in [-0.2, -0.15) is 0 Å². The van der Waals surface area contributed by atoms with Gasteiger partial charge in [-0.25, -0.2) is 4.79 Å². The monoisotopic (exact) mass is 242 g/mol. The summed E-state index contributed by atoms with van der Waals surface area (Å²) in [5, 5.41) is 3.32. The smallest absolute Gasteiger partial charge is 0.410 e. The number of nitrogens with zero attached hydrogens (tertiary/aromatic N) is 1. The zero-order valence-corrected chi connectivity index (χ0v) is 11.4. The van der Waals surface area contributed by atoms with Crippen molar-refractivity contribution in [1.82, 2.24) is 10.2 Å². The van der Waals surface area contributed by atoms with Gasteiger partial charge >= 0.3 is 6.09 Å². The molecular formula is C13H26N2O2. The molecule has 0 atom stereocenters. The first kappa shape index (κ1) is 14.3. The second-order valence-electron chi connectivity index (χ2n) is 5.15. The Morgan fingerprint density at radius 2 is 2.06 bits per heavy atom. The standard InChI is InChI=1S/C13H26N2O2/c1-4-9-15(12-5-7-14-8-6-12)13(16)17-10-11(2)3/h11-12,14H,4-10H2,1-3H3. The first-order valence-corrected chi connectivity index (χ1v) is 6.79. The molecule has 0 aliphatic carbocycles. The quantitative estimate of drug-likeness (QED) is 0.804. The summed E-state index contributed by atoms with van der Waals surface area (Å²) >= 11 is 0. The Morgan fingerprint density at radius 1 is 1.41 bits per heavy atom. The van der Waals surface area contributed by atoms with E-state index in [-0.39, 0.29) is 6.09 Å². The Hall–Kier alpha value is -0.770. The Kier molecular flexibility index (Phi) is 6.34. The molecule has 0 saturated carbocycles. The highest BCUT2D eigenvalue weighted by molar-refractivity contribution is 5.68. The van der Waals surface area contributed by atoms with E-state index >= 15 is 0 Å². The van der Waals surface area contributed by atoms with E-state index in [0.29, 0.717) is 18.6 Å². The van der Waals surface area contributed by atoms with E-state index in [2.05, 4.69) is 26.1 Å². The highest BCUT2D eigenvalue weighted by Gasteiger charge is 2.25. The molecule has 1 rings (SSSR count). The van der Waals surface area contributed by atoms with E-state index in [0.717, 1.165) is 38.9 Å². The molecule has 0 aromatic heterocycles. The van der Waals surface area contributed by atoms with Gasteiger partial charge in [-0.3, -0.25) is 0 Å². The van der Waals surface area contributed by atoms with Gasteiger partial charge in [0.15, 0.2) is 0 Å². The summed E-state index contributed by atoms with van der Waals surface area (Å²) in [6.07, 6.45) is 2.93. The SMILES string of the molecule is CCCN(C(=O)OCC(C)C)C1CCNCC1. The number of ether oxygens (including phenoxy) is 1. The van der Waals surface area contributed by atoms with Crippen LogP contribution in [0.2, 0.25) is 0 Å². The molecule has 1 N–H and O–H groups in total. The predicted octanol–water partition coefficient (Wildman–Crippen LogP) is 2.24. The number of nitrogens with one attached hydrogen (secondary N) is 1. The molecule has 0 aromatic rings. The molecule has 1 saturated heterocycles.